The second kappa shape index (κ2) is 5.16. The highest BCUT2D eigenvalue weighted by molar-refractivity contribution is 9.09. The van der Waals surface area contributed by atoms with Gasteiger partial charge in [0.15, 0.2) is 0 Å². The number of hydrogen-bond acceptors (Lipinski definition) is 4. The first kappa shape index (κ1) is 11.2. The van der Waals surface area contributed by atoms with Crippen LogP contribution in [0.15, 0.2) is 17.4 Å². The quantitative estimate of drug-likeness (QED) is 0.475. The van der Waals surface area contributed by atoms with E-state index in [2.05, 4.69) is 36.9 Å². The predicted molar refractivity (Wildman–Crippen MR) is 68.0 cm³/mol. The second-order valence-electron chi connectivity index (χ2n) is 3.60. The van der Waals surface area contributed by atoms with Crippen molar-refractivity contribution in [2.75, 3.05) is 24.2 Å². The van der Waals surface area contributed by atoms with Crippen molar-refractivity contribution in [2.45, 2.75) is 22.7 Å². The van der Waals surface area contributed by atoms with Gasteiger partial charge in [-0.1, -0.05) is 15.9 Å². The summed E-state index contributed by atoms with van der Waals surface area (Å²) in [6, 6.07) is 2.07. The largest absolute Gasteiger partial charge is 0.355 e. The number of halogens is 1. The summed E-state index contributed by atoms with van der Waals surface area (Å²) in [5.74, 6) is 1.05. The van der Waals surface area contributed by atoms with Gasteiger partial charge in [0, 0.05) is 24.0 Å². The first-order chi connectivity index (χ1) is 7.29. The van der Waals surface area contributed by atoms with Gasteiger partial charge in [0.2, 0.25) is 0 Å². The van der Waals surface area contributed by atoms with Gasteiger partial charge >= 0.3 is 0 Å². The van der Waals surface area contributed by atoms with E-state index in [1.807, 2.05) is 6.26 Å². The molecule has 0 bridgehead atoms. The number of alkyl halides is 1. The number of piperidine rings is 1. The standard InChI is InChI=1S/C10H14BrN3S/c1-15-10-5-9(12-7-13-10)14-4-2-3-8(11)6-14/h5,7-8H,2-4,6H2,1H3. The Morgan fingerprint density at radius 3 is 3.13 bits per heavy atom. The van der Waals surface area contributed by atoms with Crippen LogP contribution in [0.5, 0.6) is 0 Å². The van der Waals surface area contributed by atoms with Crippen molar-refractivity contribution >= 4 is 33.5 Å². The van der Waals surface area contributed by atoms with Crippen LogP contribution in [0.25, 0.3) is 0 Å². The second-order valence-corrected chi connectivity index (χ2v) is 5.73. The van der Waals surface area contributed by atoms with Gasteiger partial charge in [-0.3, -0.25) is 0 Å². The zero-order chi connectivity index (χ0) is 10.7. The fourth-order valence-corrected chi connectivity index (χ4v) is 2.80. The van der Waals surface area contributed by atoms with Gasteiger partial charge in [-0.05, 0) is 19.1 Å². The molecule has 1 aromatic rings. The molecule has 2 rings (SSSR count). The molecule has 15 heavy (non-hydrogen) atoms. The molecular weight excluding hydrogens is 274 g/mol. The van der Waals surface area contributed by atoms with Crippen LogP contribution < -0.4 is 4.90 Å². The molecule has 1 aliphatic heterocycles. The molecule has 1 saturated heterocycles. The summed E-state index contributed by atoms with van der Waals surface area (Å²) in [6.07, 6.45) is 6.18. The Hall–Kier alpha value is -0.290. The summed E-state index contributed by atoms with van der Waals surface area (Å²) < 4.78 is 0. The Labute approximate surface area is 103 Å². The van der Waals surface area contributed by atoms with Crippen LogP contribution in [-0.2, 0) is 0 Å². The molecule has 1 aliphatic rings. The van der Waals surface area contributed by atoms with E-state index in [4.69, 9.17) is 0 Å². The third-order valence-corrected chi connectivity index (χ3v) is 3.91. The lowest BCUT2D eigenvalue weighted by atomic mass is 10.1. The van der Waals surface area contributed by atoms with E-state index in [1.54, 1.807) is 18.1 Å². The van der Waals surface area contributed by atoms with E-state index in [0.717, 1.165) is 23.9 Å². The number of anilines is 1. The topological polar surface area (TPSA) is 29.0 Å². The van der Waals surface area contributed by atoms with Crippen LogP contribution in [0.1, 0.15) is 12.8 Å². The van der Waals surface area contributed by atoms with Gasteiger partial charge in [0.25, 0.3) is 0 Å². The van der Waals surface area contributed by atoms with Crippen molar-refractivity contribution in [3.8, 4) is 0 Å². The maximum Gasteiger partial charge on any atom is 0.133 e. The van der Waals surface area contributed by atoms with E-state index in [-0.39, 0.29) is 0 Å². The van der Waals surface area contributed by atoms with Crippen LogP contribution in [0.4, 0.5) is 5.82 Å². The highest BCUT2D eigenvalue weighted by atomic mass is 79.9. The first-order valence-electron chi connectivity index (χ1n) is 5.04. The molecule has 0 aliphatic carbocycles. The van der Waals surface area contributed by atoms with Crippen molar-refractivity contribution in [1.82, 2.24) is 9.97 Å². The third kappa shape index (κ3) is 2.84. The molecule has 2 heterocycles. The molecule has 1 unspecified atom stereocenters. The summed E-state index contributed by atoms with van der Waals surface area (Å²) >= 11 is 5.33. The van der Waals surface area contributed by atoms with Crippen LogP contribution in [0.3, 0.4) is 0 Å². The average molecular weight is 288 g/mol. The highest BCUT2D eigenvalue weighted by Gasteiger charge is 2.18. The van der Waals surface area contributed by atoms with E-state index >= 15 is 0 Å². The lowest BCUT2D eigenvalue weighted by Crippen LogP contribution is -2.36. The molecule has 1 fully saturated rings. The predicted octanol–water partition coefficient (Wildman–Crippen LogP) is 2.56. The minimum absolute atomic E-state index is 0.596. The molecule has 1 aromatic heterocycles. The summed E-state index contributed by atoms with van der Waals surface area (Å²) in [4.78, 5) is 11.4. The highest BCUT2D eigenvalue weighted by Crippen LogP contribution is 2.23. The van der Waals surface area contributed by atoms with Crippen molar-refractivity contribution in [3.05, 3.63) is 12.4 Å². The first-order valence-corrected chi connectivity index (χ1v) is 7.18. The maximum atomic E-state index is 4.33. The molecule has 0 amide bonds. The molecule has 5 heteroatoms. The van der Waals surface area contributed by atoms with Gasteiger partial charge in [-0.25, -0.2) is 9.97 Å². The molecule has 0 radical (unpaired) electrons. The van der Waals surface area contributed by atoms with Crippen molar-refractivity contribution in [3.63, 3.8) is 0 Å². The summed E-state index contributed by atoms with van der Waals surface area (Å²) in [5.41, 5.74) is 0. The fraction of sp³-hybridized carbons (Fsp3) is 0.600. The summed E-state index contributed by atoms with van der Waals surface area (Å²) in [7, 11) is 0. The summed E-state index contributed by atoms with van der Waals surface area (Å²) in [5, 5.41) is 1.04. The number of thioether (sulfide) groups is 1. The Kier molecular flexibility index (Phi) is 3.86. The number of rotatable bonds is 2. The van der Waals surface area contributed by atoms with Crippen LogP contribution in [0, 0.1) is 0 Å². The smallest absolute Gasteiger partial charge is 0.133 e. The van der Waals surface area contributed by atoms with Crippen molar-refractivity contribution in [1.29, 1.82) is 0 Å². The van der Waals surface area contributed by atoms with E-state index in [0.29, 0.717) is 4.83 Å². The van der Waals surface area contributed by atoms with Gasteiger partial charge in [0.1, 0.15) is 17.2 Å². The molecule has 0 aromatic carbocycles. The van der Waals surface area contributed by atoms with Crippen molar-refractivity contribution in [2.24, 2.45) is 0 Å². The molecule has 0 N–H and O–H groups in total. The number of nitrogens with zero attached hydrogens (tertiary/aromatic N) is 3. The Morgan fingerprint density at radius 2 is 2.40 bits per heavy atom. The summed E-state index contributed by atoms with van der Waals surface area (Å²) in [6.45, 7) is 2.15. The number of hydrogen-bond donors (Lipinski definition) is 0. The SMILES string of the molecule is CSc1cc(N2CCCC(Br)C2)ncn1. The molecule has 82 valence electrons. The number of aromatic nitrogens is 2. The Bertz CT molecular complexity index is 334. The van der Waals surface area contributed by atoms with Gasteiger partial charge < -0.3 is 4.90 Å². The Balaban J connectivity index is 2.13. The monoisotopic (exact) mass is 287 g/mol. The lowest BCUT2D eigenvalue weighted by Gasteiger charge is -2.30. The fourth-order valence-electron chi connectivity index (χ4n) is 1.75. The Morgan fingerprint density at radius 1 is 1.53 bits per heavy atom. The van der Waals surface area contributed by atoms with Gasteiger partial charge in [-0.2, -0.15) is 0 Å². The van der Waals surface area contributed by atoms with E-state index in [9.17, 15) is 0 Å². The van der Waals surface area contributed by atoms with Gasteiger partial charge in [0.05, 0.1) is 0 Å². The molecule has 0 saturated carbocycles. The van der Waals surface area contributed by atoms with Gasteiger partial charge in [-0.15, -0.1) is 11.8 Å². The van der Waals surface area contributed by atoms with Crippen LogP contribution in [0.2, 0.25) is 0 Å². The minimum Gasteiger partial charge on any atom is -0.355 e. The molecular formula is C10H14BrN3S. The minimum atomic E-state index is 0.596. The normalized spacial score (nSPS) is 21.7. The zero-order valence-corrected chi connectivity index (χ0v) is 11.1. The molecule has 3 nitrogen and oxygen atoms in total. The molecule has 1 atom stereocenters. The zero-order valence-electron chi connectivity index (χ0n) is 8.69. The molecule has 0 spiro atoms. The van der Waals surface area contributed by atoms with E-state index in [1.165, 1.54) is 12.8 Å². The van der Waals surface area contributed by atoms with Crippen LogP contribution >= 0.6 is 27.7 Å². The lowest BCUT2D eigenvalue weighted by molar-refractivity contribution is 0.590. The van der Waals surface area contributed by atoms with E-state index < -0.39 is 0 Å². The maximum absolute atomic E-state index is 4.33. The van der Waals surface area contributed by atoms with Crippen molar-refractivity contribution < 1.29 is 0 Å². The third-order valence-electron chi connectivity index (χ3n) is 2.52. The average Bonchev–Trinajstić information content (AvgIpc) is 2.29. The van der Waals surface area contributed by atoms with Crippen LogP contribution in [-0.4, -0.2) is 34.1 Å².